The van der Waals surface area contributed by atoms with Gasteiger partial charge in [0.25, 0.3) is 11.8 Å². The first-order valence-electron chi connectivity index (χ1n) is 9.34. The predicted molar refractivity (Wildman–Crippen MR) is 115 cm³/mol. The van der Waals surface area contributed by atoms with Gasteiger partial charge in [-0.3, -0.25) is 9.59 Å². The van der Waals surface area contributed by atoms with Crippen molar-refractivity contribution in [3.8, 4) is 0 Å². The standard InChI is InChI=1S/C22H20N6O2/c1-14-7-3-4-8-16(14)26-20-17(11-15(12-24-20)21(29)23-2)27-22(30)19-18-9-5-6-10-28(18)13-25-19/h3-13H,1-2H3,(H,23,29)(H,24,26)(H,27,30). The van der Waals surface area contributed by atoms with Crippen LogP contribution in [0.5, 0.6) is 0 Å². The van der Waals surface area contributed by atoms with E-state index in [1.54, 1.807) is 16.8 Å². The third kappa shape index (κ3) is 3.70. The van der Waals surface area contributed by atoms with E-state index in [1.807, 2.05) is 55.6 Å². The lowest BCUT2D eigenvalue weighted by atomic mass is 10.2. The number of carbonyl (C=O) groups is 2. The van der Waals surface area contributed by atoms with Crippen molar-refractivity contribution in [1.29, 1.82) is 0 Å². The molecule has 1 aromatic carbocycles. The number of imidazole rings is 1. The molecule has 0 spiro atoms. The fraction of sp³-hybridized carbons (Fsp3) is 0.0909. The van der Waals surface area contributed by atoms with Gasteiger partial charge in [0.2, 0.25) is 0 Å². The molecule has 8 nitrogen and oxygen atoms in total. The lowest BCUT2D eigenvalue weighted by Gasteiger charge is -2.14. The average molecular weight is 400 g/mol. The van der Waals surface area contributed by atoms with E-state index in [9.17, 15) is 9.59 Å². The molecule has 0 aliphatic rings. The highest BCUT2D eigenvalue weighted by Gasteiger charge is 2.17. The molecule has 3 aromatic heterocycles. The summed E-state index contributed by atoms with van der Waals surface area (Å²) in [7, 11) is 1.54. The molecule has 150 valence electrons. The minimum atomic E-state index is -0.396. The van der Waals surface area contributed by atoms with Crippen LogP contribution in [0, 0.1) is 6.92 Å². The van der Waals surface area contributed by atoms with E-state index in [4.69, 9.17) is 0 Å². The molecule has 2 amide bonds. The monoisotopic (exact) mass is 400 g/mol. The molecule has 4 aromatic rings. The van der Waals surface area contributed by atoms with Crippen LogP contribution in [0.1, 0.15) is 26.4 Å². The van der Waals surface area contributed by atoms with E-state index in [0.29, 0.717) is 22.6 Å². The summed E-state index contributed by atoms with van der Waals surface area (Å²) in [6, 6.07) is 14.8. The van der Waals surface area contributed by atoms with Crippen molar-refractivity contribution < 1.29 is 9.59 Å². The van der Waals surface area contributed by atoms with Crippen LogP contribution < -0.4 is 16.0 Å². The molecule has 8 heteroatoms. The molecule has 0 aliphatic heterocycles. The lowest BCUT2D eigenvalue weighted by Crippen LogP contribution is -2.20. The van der Waals surface area contributed by atoms with Crippen LogP contribution >= 0.6 is 0 Å². The van der Waals surface area contributed by atoms with E-state index in [-0.39, 0.29) is 11.6 Å². The number of aryl methyl sites for hydroxylation is 1. The maximum atomic E-state index is 13.0. The Hall–Kier alpha value is -4.20. The Morgan fingerprint density at radius 3 is 2.57 bits per heavy atom. The highest BCUT2D eigenvalue weighted by Crippen LogP contribution is 2.27. The highest BCUT2D eigenvalue weighted by atomic mass is 16.2. The summed E-state index contributed by atoms with van der Waals surface area (Å²) in [6.45, 7) is 1.97. The average Bonchev–Trinajstić information content (AvgIpc) is 3.20. The quantitative estimate of drug-likeness (QED) is 0.477. The van der Waals surface area contributed by atoms with Crippen LogP contribution in [0.3, 0.4) is 0 Å². The van der Waals surface area contributed by atoms with Crippen LogP contribution in [0.15, 0.2) is 67.3 Å². The molecule has 0 bridgehead atoms. The largest absolute Gasteiger partial charge is 0.355 e. The van der Waals surface area contributed by atoms with E-state index >= 15 is 0 Å². The number of amides is 2. The summed E-state index contributed by atoms with van der Waals surface area (Å²) in [4.78, 5) is 33.6. The number of fused-ring (bicyclic) bond motifs is 1. The number of carbonyl (C=O) groups excluding carboxylic acids is 2. The minimum absolute atomic E-state index is 0.280. The van der Waals surface area contributed by atoms with Crippen molar-refractivity contribution >= 4 is 34.5 Å². The zero-order chi connectivity index (χ0) is 21.1. The van der Waals surface area contributed by atoms with Gasteiger partial charge in [-0.1, -0.05) is 24.3 Å². The Kier molecular flexibility index (Phi) is 5.13. The summed E-state index contributed by atoms with van der Waals surface area (Å²) < 4.78 is 1.76. The summed E-state index contributed by atoms with van der Waals surface area (Å²) in [5, 5.41) is 8.64. The van der Waals surface area contributed by atoms with E-state index in [1.165, 1.54) is 13.2 Å². The summed E-state index contributed by atoms with van der Waals surface area (Å²) in [6.07, 6.45) is 4.86. The third-order valence-corrected chi connectivity index (χ3v) is 4.68. The normalized spacial score (nSPS) is 10.6. The first kappa shape index (κ1) is 19.1. The Morgan fingerprint density at radius 2 is 1.77 bits per heavy atom. The lowest BCUT2D eigenvalue weighted by molar-refractivity contribution is 0.0961. The van der Waals surface area contributed by atoms with Crippen molar-refractivity contribution in [3.05, 3.63) is 84.1 Å². The second kappa shape index (κ2) is 8.04. The van der Waals surface area contributed by atoms with Gasteiger partial charge < -0.3 is 20.4 Å². The molecule has 30 heavy (non-hydrogen) atoms. The third-order valence-electron chi connectivity index (χ3n) is 4.68. The zero-order valence-electron chi connectivity index (χ0n) is 16.5. The molecule has 0 atom stereocenters. The van der Waals surface area contributed by atoms with E-state index < -0.39 is 5.91 Å². The fourth-order valence-electron chi connectivity index (χ4n) is 3.07. The first-order valence-corrected chi connectivity index (χ1v) is 9.34. The van der Waals surface area contributed by atoms with Crippen molar-refractivity contribution in [2.24, 2.45) is 0 Å². The van der Waals surface area contributed by atoms with Crippen molar-refractivity contribution in [3.63, 3.8) is 0 Å². The molecular weight excluding hydrogens is 380 g/mol. The van der Waals surface area contributed by atoms with E-state index in [0.717, 1.165) is 11.3 Å². The Labute approximate surface area is 173 Å². The minimum Gasteiger partial charge on any atom is -0.355 e. The molecule has 0 saturated carbocycles. The second-order valence-corrected chi connectivity index (χ2v) is 6.68. The number of para-hydroxylation sites is 1. The molecule has 0 saturated heterocycles. The molecule has 0 aliphatic carbocycles. The zero-order valence-corrected chi connectivity index (χ0v) is 16.5. The van der Waals surface area contributed by atoms with Crippen LogP contribution in [0.25, 0.3) is 5.52 Å². The Bertz CT molecular complexity index is 1250. The van der Waals surface area contributed by atoms with Gasteiger partial charge in [0.05, 0.1) is 16.8 Å². The number of benzene rings is 1. The van der Waals surface area contributed by atoms with Crippen LogP contribution in [0.4, 0.5) is 17.2 Å². The van der Waals surface area contributed by atoms with Crippen LogP contribution in [-0.2, 0) is 0 Å². The van der Waals surface area contributed by atoms with Gasteiger partial charge in [0, 0.05) is 25.1 Å². The number of hydrogen-bond acceptors (Lipinski definition) is 5. The fourth-order valence-corrected chi connectivity index (χ4v) is 3.07. The summed E-state index contributed by atoms with van der Waals surface area (Å²) >= 11 is 0. The van der Waals surface area contributed by atoms with Gasteiger partial charge in [-0.15, -0.1) is 0 Å². The van der Waals surface area contributed by atoms with Gasteiger partial charge in [-0.25, -0.2) is 9.97 Å². The van der Waals surface area contributed by atoms with Gasteiger partial charge in [-0.05, 0) is 36.8 Å². The number of pyridine rings is 2. The highest BCUT2D eigenvalue weighted by molar-refractivity contribution is 6.09. The summed E-state index contributed by atoms with van der Waals surface area (Å²) in [5.41, 5.74) is 3.54. The number of nitrogens with one attached hydrogen (secondary N) is 3. The number of anilines is 3. The van der Waals surface area contributed by atoms with Gasteiger partial charge in [0.1, 0.15) is 6.33 Å². The summed E-state index contributed by atoms with van der Waals surface area (Å²) in [5.74, 6) is -0.269. The first-order chi connectivity index (χ1) is 14.6. The van der Waals surface area contributed by atoms with Crippen molar-refractivity contribution in [1.82, 2.24) is 19.7 Å². The van der Waals surface area contributed by atoms with Gasteiger partial charge in [0.15, 0.2) is 11.5 Å². The smallest absolute Gasteiger partial charge is 0.276 e. The molecule has 0 unspecified atom stereocenters. The van der Waals surface area contributed by atoms with Gasteiger partial charge in [-0.2, -0.15) is 0 Å². The second-order valence-electron chi connectivity index (χ2n) is 6.68. The molecule has 3 heterocycles. The molecule has 3 N–H and O–H groups in total. The van der Waals surface area contributed by atoms with E-state index in [2.05, 4.69) is 25.9 Å². The Morgan fingerprint density at radius 1 is 0.967 bits per heavy atom. The molecule has 0 radical (unpaired) electrons. The van der Waals surface area contributed by atoms with Gasteiger partial charge >= 0.3 is 0 Å². The molecule has 0 fully saturated rings. The topological polar surface area (TPSA) is 100 Å². The molecule has 4 rings (SSSR count). The maximum Gasteiger partial charge on any atom is 0.276 e. The number of rotatable bonds is 5. The van der Waals surface area contributed by atoms with Crippen LogP contribution in [0.2, 0.25) is 0 Å². The predicted octanol–water partition coefficient (Wildman–Crippen LogP) is 3.39. The molecular formula is C22H20N6O2. The van der Waals surface area contributed by atoms with Crippen molar-refractivity contribution in [2.75, 3.05) is 17.7 Å². The Balaban J connectivity index is 1.71. The maximum absolute atomic E-state index is 13.0. The number of aromatic nitrogens is 3. The number of nitrogens with zero attached hydrogens (tertiary/aromatic N) is 3. The SMILES string of the molecule is CNC(=O)c1cnc(Nc2ccccc2C)c(NC(=O)c2ncn3ccccc23)c1. The van der Waals surface area contributed by atoms with Crippen molar-refractivity contribution in [2.45, 2.75) is 6.92 Å². The van der Waals surface area contributed by atoms with Crippen LogP contribution in [-0.4, -0.2) is 33.2 Å². The number of hydrogen-bond donors (Lipinski definition) is 3.